The van der Waals surface area contributed by atoms with E-state index >= 15 is 0 Å². The molecule has 1 atom stereocenters. The number of nitrogens with zero attached hydrogens (tertiary/aromatic N) is 1. The van der Waals surface area contributed by atoms with Crippen LogP contribution in [0.3, 0.4) is 0 Å². The second kappa shape index (κ2) is 4.27. The topological polar surface area (TPSA) is 74.7 Å². The first-order chi connectivity index (χ1) is 6.44. The maximum absolute atomic E-state index is 11.5. The minimum atomic E-state index is -3.27. The Kier molecular flexibility index (Phi) is 3.49. The van der Waals surface area contributed by atoms with Crippen LogP contribution in [0.2, 0.25) is 0 Å². The third-order valence-electron chi connectivity index (χ3n) is 2.29. The van der Waals surface area contributed by atoms with Gasteiger partial charge in [-0.15, -0.1) is 0 Å². The highest BCUT2D eigenvalue weighted by atomic mass is 32.2. The molecule has 0 aliphatic carbocycles. The van der Waals surface area contributed by atoms with E-state index in [2.05, 4.69) is 0 Å². The molecule has 82 valence electrons. The van der Waals surface area contributed by atoms with Crippen molar-refractivity contribution in [3.8, 4) is 0 Å². The van der Waals surface area contributed by atoms with E-state index < -0.39 is 21.5 Å². The molecule has 5 nitrogen and oxygen atoms in total. The molecule has 1 aliphatic heterocycles. The number of rotatable bonds is 3. The van der Waals surface area contributed by atoms with Crippen molar-refractivity contribution in [3.05, 3.63) is 0 Å². The molecular weight excluding hydrogens is 206 g/mol. The van der Waals surface area contributed by atoms with Gasteiger partial charge in [-0.25, -0.2) is 8.42 Å². The van der Waals surface area contributed by atoms with Crippen LogP contribution in [0.25, 0.3) is 0 Å². The van der Waals surface area contributed by atoms with Crippen LogP contribution in [0.15, 0.2) is 0 Å². The molecule has 1 heterocycles. The SMILES string of the molecule is CS(=O)(=O)CC(=O)N1CCC[C@H]1CO. The van der Waals surface area contributed by atoms with Crippen LogP contribution in [0.1, 0.15) is 12.8 Å². The first-order valence-electron chi connectivity index (χ1n) is 4.52. The average molecular weight is 221 g/mol. The Hall–Kier alpha value is -0.620. The molecule has 1 fully saturated rings. The van der Waals surface area contributed by atoms with Crippen molar-refractivity contribution in [2.24, 2.45) is 0 Å². The zero-order valence-electron chi connectivity index (χ0n) is 8.14. The van der Waals surface area contributed by atoms with Crippen LogP contribution in [0.5, 0.6) is 0 Å². The van der Waals surface area contributed by atoms with Crippen molar-refractivity contribution in [1.82, 2.24) is 4.90 Å². The fraction of sp³-hybridized carbons (Fsp3) is 0.875. The van der Waals surface area contributed by atoms with Crippen molar-refractivity contribution >= 4 is 15.7 Å². The third-order valence-corrected chi connectivity index (χ3v) is 3.07. The lowest BCUT2D eigenvalue weighted by molar-refractivity contribution is -0.129. The molecule has 0 radical (unpaired) electrons. The molecule has 0 saturated carbocycles. The maximum Gasteiger partial charge on any atom is 0.238 e. The molecule has 0 spiro atoms. The Morgan fingerprint density at radius 2 is 2.21 bits per heavy atom. The summed E-state index contributed by atoms with van der Waals surface area (Å²) in [5, 5.41) is 8.94. The summed E-state index contributed by atoms with van der Waals surface area (Å²) in [6, 6.07) is -0.191. The lowest BCUT2D eigenvalue weighted by atomic mass is 10.2. The molecule has 14 heavy (non-hydrogen) atoms. The fourth-order valence-corrected chi connectivity index (χ4v) is 2.28. The van der Waals surface area contributed by atoms with Crippen molar-refractivity contribution < 1.29 is 18.3 Å². The lowest BCUT2D eigenvalue weighted by Crippen LogP contribution is -2.40. The van der Waals surface area contributed by atoms with E-state index in [0.717, 1.165) is 19.1 Å². The van der Waals surface area contributed by atoms with E-state index in [9.17, 15) is 13.2 Å². The van der Waals surface area contributed by atoms with Gasteiger partial charge in [-0.05, 0) is 12.8 Å². The molecular formula is C8H15NO4S. The Morgan fingerprint density at radius 3 is 2.71 bits per heavy atom. The summed E-state index contributed by atoms with van der Waals surface area (Å²) in [6.07, 6.45) is 2.63. The van der Waals surface area contributed by atoms with E-state index in [1.54, 1.807) is 0 Å². The largest absolute Gasteiger partial charge is 0.394 e. The fourth-order valence-electron chi connectivity index (χ4n) is 1.66. The average Bonchev–Trinajstić information content (AvgIpc) is 2.47. The molecule has 1 aliphatic rings. The quantitative estimate of drug-likeness (QED) is 0.664. The highest BCUT2D eigenvalue weighted by molar-refractivity contribution is 7.91. The molecule has 0 unspecified atom stereocenters. The molecule has 0 aromatic rings. The lowest BCUT2D eigenvalue weighted by Gasteiger charge is -2.22. The number of carbonyl (C=O) groups excluding carboxylic acids is 1. The van der Waals surface area contributed by atoms with Gasteiger partial charge in [0, 0.05) is 12.8 Å². The predicted octanol–water partition coefficient (Wildman–Crippen LogP) is -0.986. The van der Waals surface area contributed by atoms with Gasteiger partial charge in [-0.2, -0.15) is 0 Å². The van der Waals surface area contributed by atoms with Gasteiger partial charge in [0.05, 0.1) is 12.6 Å². The predicted molar refractivity (Wildman–Crippen MR) is 51.5 cm³/mol. The van der Waals surface area contributed by atoms with Crippen LogP contribution in [-0.4, -0.2) is 55.5 Å². The second-order valence-corrected chi connectivity index (χ2v) is 5.78. The first-order valence-corrected chi connectivity index (χ1v) is 6.58. The summed E-state index contributed by atoms with van der Waals surface area (Å²) in [5.74, 6) is -0.854. The zero-order chi connectivity index (χ0) is 10.8. The Bertz CT molecular complexity index is 311. The Labute approximate surface area is 83.6 Å². The van der Waals surface area contributed by atoms with Gasteiger partial charge in [0.2, 0.25) is 5.91 Å². The number of likely N-dealkylation sites (tertiary alicyclic amines) is 1. The number of hydrogen-bond acceptors (Lipinski definition) is 4. The number of aliphatic hydroxyl groups is 1. The minimum absolute atomic E-state index is 0.0878. The van der Waals surface area contributed by atoms with E-state index in [0.29, 0.717) is 6.54 Å². The molecule has 0 aromatic carbocycles. The van der Waals surface area contributed by atoms with Gasteiger partial charge in [-0.3, -0.25) is 4.79 Å². The molecule has 0 bridgehead atoms. The van der Waals surface area contributed by atoms with Crippen molar-refractivity contribution in [2.75, 3.05) is 25.2 Å². The molecule has 1 saturated heterocycles. The number of aliphatic hydroxyl groups excluding tert-OH is 1. The Morgan fingerprint density at radius 1 is 1.57 bits per heavy atom. The highest BCUT2D eigenvalue weighted by Gasteiger charge is 2.29. The van der Waals surface area contributed by atoms with Crippen molar-refractivity contribution in [2.45, 2.75) is 18.9 Å². The van der Waals surface area contributed by atoms with Crippen LogP contribution in [0.4, 0.5) is 0 Å². The summed E-state index contributed by atoms with van der Waals surface area (Å²) in [5.41, 5.74) is 0. The highest BCUT2D eigenvalue weighted by Crippen LogP contribution is 2.16. The Balaban J connectivity index is 2.60. The van der Waals surface area contributed by atoms with E-state index in [1.165, 1.54) is 4.90 Å². The summed E-state index contributed by atoms with van der Waals surface area (Å²) in [4.78, 5) is 12.9. The number of hydrogen-bond donors (Lipinski definition) is 1. The maximum atomic E-state index is 11.5. The molecule has 0 aromatic heterocycles. The zero-order valence-corrected chi connectivity index (χ0v) is 8.96. The van der Waals surface area contributed by atoms with Crippen LogP contribution in [-0.2, 0) is 14.6 Å². The summed E-state index contributed by atoms with van der Waals surface area (Å²) >= 11 is 0. The van der Waals surface area contributed by atoms with Gasteiger partial charge < -0.3 is 10.0 Å². The molecule has 1 amide bonds. The van der Waals surface area contributed by atoms with E-state index in [1.807, 2.05) is 0 Å². The molecule has 1 rings (SSSR count). The normalized spacial score (nSPS) is 22.7. The summed E-state index contributed by atoms with van der Waals surface area (Å²) < 4.78 is 21.8. The number of carbonyl (C=O) groups is 1. The standard InChI is InChI=1S/C8H15NO4S/c1-14(12,13)6-8(11)9-4-2-3-7(9)5-10/h7,10H,2-6H2,1H3/t7-/m0/s1. The van der Waals surface area contributed by atoms with Gasteiger partial charge in [0.15, 0.2) is 9.84 Å². The van der Waals surface area contributed by atoms with Crippen LogP contribution >= 0.6 is 0 Å². The van der Waals surface area contributed by atoms with Crippen LogP contribution in [0, 0.1) is 0 Å². The second-order valence-electron chi connectivity index (χ2n) is 3.64. The smallest absolute Gasteiger partial charge is 0.238 e. The molecule has 6 heteroatoms. The summed E-state index contributed by atoms with van der Waals surface area (Å²) in [6.45, 7) is 0.467. The van der Waals surface area contributed by atoms with Gasteiger partial charge >= 0.3 is 0 Å². The van der Waals surface area contributed by atoms with Crippen molar-refractivity contribution in [3.63, 3.8) is 0 Å². The third kappa shape index (κ3) is 2.95. The van der Waals surface area contributed by atoms with E-state index in [-0.39, 0.29) is 12.6 Å². The first kappa shape index (κ1) is 11.5. The minimum Gasteiger partial charge on any atom is -0.394 e. The van der Waals surface area contributed by atoms with Crippen LogP contribution < -0.4 is 0 Å². The van der Waals surface area contributed by atoms with Gasteiger partial charge in [-0.1, -0.05) is 0 Å². The van der Waals surface area contributed by atoms with Crippen molar-refractivity contribution in [1.29, 1.82) is 0 Å². The number of sulfone groups is 1. The molecule has 1 N–H and O–H groups in total. The summed E-state index contributed by atoms with van der Waals surface area (Å²) in [7, 11) is -3.27. The monoisotopic (exact) mass is 221 g/mol. The number of amides is 1. The van der Waals surface area contributed by atoms with E-state index in [4.69, 9.17) is 5.11 Å². The van der Waals surface area contributed by atoms with Gasteiger partial charge in [0.25, 0.3) is 0 Å². The van der Waals surface area contributed by atoms with Gasteiger partial charge in [0.1, 0.15) is 5.75 Å².